The molecule has 0 aliphatic carbocycles. The van der Waals surface area contributed by atoms with Crippen molar-refractivity contribution < 1.29 is 9.15 Å². The van der Waals surface area contributed by atoms with Gasteiger partial charge in [0.2, 0.25) is 0 Å². The maximum absolute atomic E-state index is 5.64. The van der Waals surface area contributed by atoms with Gasteiger partial charge in [0.25, 0.3) is 0 Å². The summed E-state index contributed by atoms with van der Waals surface area (Å²) in [6.07, 6.45) is 1.82. The molecule has 0 saturated heterocycles. The molecule has 0 bridgehead atoms. The van der Waals surface area contributed by atoms with Crippen LogP contribution in [0, 0.1) is 0 Å². The van der Waals surface area contributed by atoms with Gasteiger partial charge in [0, 0.05) is 10.9 Å². The molecule has 0 aliphatic rings. The number of fused-ring (bicyclic) bond motifs is 1. The Bertz CT molecular complexity index is 758. The van der Waals surface area contributed by atoms with Gasteiger partial charge in [-0.25, -0.2) is 0 Å². The molecule has 0 saturated carbocycles. The molecule has 0 unspecified atom stereocenters. The summed E-state index contributed by atoms with van der Waals surface area (Å²) >= 11 is 0. The molecule has 2 aromatic carbocycles. The first-order valence-electron chi connectivity index (χ1n) is 7.15. The van der Waals surface area contributed by atoms with E-state index in [1.165, 1.54) is 5.56 Å². The molecular formula is C19H20O2. The van der Waals surface area contributed by atoms with Crippen molar-refractivity contribution in [2.45, 2.75) is 26.2 Å². The summed E-state index contributed by atoms with van der Waals surface area (Å²) in [5.74, 6) is 0.844. The van der Waals surface area contributed by atoms with E-state index in [0.29, 0.717) is 0 Å². The predicted octanol–water partition coefficient (Wildman–Crippen LogP) is 5.41. The molecule has 0 amide bonds. The van der Waals surface area contributed by atoms with Crippen LogP contribution < -0.4 is 4.74 Å². The van der Waals surface area contributed by atoms with Gasteiger partial charge in [-0.2, -0.15) is 0 Å². The topological polar surface area (TPSA) is 22.4 Å². The highest BCUT2D eigenvalue weighted by atomic mass is 16.5. The van der Waals surface area contributed by atoms with E-state index in [4.69, 9.17) is 9.15 Å². The maximum Gasteiger partial charge on any atom is 0.134 e. The largest absolute Gasteiger partial charge is 0.497 e. The number of methoxy groups -OCH3 is 1. The number of furan rings is 1. The zero-order chi connectivity index (χ0) is 15.0. The first-order valence-corrected chi connectivity index (χ1v) is 7.15. The lowest BCUT2D eigenvalue weighted by molar-refractivity contribution is 0.415. The minimum Gasteiger partial charge on any atom is -0.497 e. The molecule has 0 fully saturated rings. The Morgan fingerprint density at radius 1 is 0.952 bits per heavy atom. The summed E-state index contributed by atoms with van der Waals surface area (Å²) in [6.45, 7) is 6.67. The van der Waals surface area contributed by atoms with E-state index in [2.05, 4.69) is 45.0 Å². The first-order chi connectivity index (χ1) is 9.99. The maximum atomic E-state index is 5.64. The Morgan fingerprint density at radius 2 is 1.67 bits per heavy atom. The van der Waals surface area contributed by atoms with Gasteiger partial charge in [0.05, 0.1) is 13.4 Å². The van der Waals surface area contributed by atoms with E-state index in [-0.39, 0.29) is 5.41 Å². The van der Waals surface area contributed by atoms with E-state index < -0.39 is 0 Å². The van der Waals surface area contributed by atoms with E-state index >= 15 is 0 Å². The van der Waals surface area contributed by atoms with Crippen molar-refractivity contribution in [2.24, 2.45) is 0 Å². The molecule has 0 aliphatic heterocycles. The van der Waals surface area contributed by atoms with Crippen LogP contribution in [0.15, 0.2) is 53.1 Å². The van der Waals surface area contributed by atoms with E-state index in [1.54, 1.807) is 7.11 Å². The lowest BCUT2D eigenvalue weighted by atomic mass is 9.86. The van der Waals surface area contributed by atoms with Gasteiger partial charge >= 0.3 is 0 Å². The number of ether oxygens (including phenoxy) is 1. The van der Waals surface area contributed by atoms with Gasteiger partial charge in [0.15, 0.2) is 0 Å². The Kier molecular flexibility index (Phi) is 3.25. The van der Waals surface area contributed by atoms with Crippen LogP contribution in [-0.4, -0.2) is 7.11 Å². The number of rotatable bonds is 2. The normalized spacial score (nSPS) is 11.8. The molecular weight excluding hydrogens is 260 g/mol. The van der Waals surface area contributed by atoms with Crippen LogP contribution in [0.2, 0.25) is 0 Å². The smallest absolute Gasteiger partial charge is 0.134 e. The van der Waals surface area contributed by atoms with E-state index in [1.807, 2.05) is 24.5 Å². The summed E-state index contributed by atoms with van der Waals surface area (Å²) in [7, 11) is 1.68. The molecule has 0 N–H and O–H groups in total. The highest BCUT2D eigenvalue weighted by Crippen LogP contribution is 2.34. The highest BCUT2D eigenvalue weighted by Gasteiger charge is 2.14. The summed E-state index contributed by atoms with van der Waals surface area (Å²) in [5.41, 5.74) is 4.64. The standard InChI is InChI=1S/C19H20O2/c1-19(2,3)14-7-5-13(6-8-14)17-12-21-18-10-9-15(20-4)11-16(17)18/h5-12H,1-4H3. The van der Waals surface area contributed by atoms with Crippen LogP contribution in [-0.2, 0) is 5.41 Å². The monoisotopic (exact) mass is 280 g/mol. The third-order valence-electron chi connectivity index (χ3n) is 3.84. The average Bonchev–Trinajstić information content (AvgIpc) is 2.89. The molecule has 1 aromatic heterocycles. The number of benzene rings is 2. The van der Waals surface area contributed by atoms with Crippen molar-refractivity contribution in [1.82, 2.24) is 0 Å². The van der Waals surface area contributed by atoms with Crippen molar-refractivity contribution in [3.05, 3.63) is 54.3 Å². The molecule has 108 valence electrons. The third-order valence-corrected chi connectivity index (χ3v) is 3.84. The van der Waals surface area contributed by atoms with Crippen LogP contribution in [0.5, 0.6) is 5.75 Å². The number of hydrogen-bond donors (Lipinski definition) is 0. The van der Waals surface area contributed by atoms with Gasteiger partial charge in [-0.15, -0.1) is 0 Å². The summed E-state index contributed by atoms with van der Waals surface area (Å²) in [4.78, 5) is 0. The second-order valence-electron chi connectivity index (χ2n) is 6.34. The zero-order valence-corrected chi connectivity index (χ0v) is 12.9. The van der Waals surface area contributed by atoms with Crippen LogP contribution in [0.4, 0.5) is 0 Å². The average molecular weight is 280 g/mol. The number of hydrogen-bond acceptors (Lipinski definition) is 2. The molecule has 3 rings (SSSR count). The van der Waals surface area contributed by atoms with Gasteiger partial charge in [-0.05, 0) is 34.7 Å². The molecule has 2 nitrogen and oxygen atoms in total. The van der Waals surface area contributed by atoms with Crippen molar-refractivity contribution in [1.29, 1.82) is 0 Å². The van der Waals surface area contributed by atoms with Gasteiger partial charge in [-0.1, -0.05) is 45.0 Å². The molecule has 0 radical (unpaired) electrons. The fraction of sp³-hybridized carbons (Fsp3) is 0.263. The Labute approximate surface area is 125 Å². The highest BCUT2D eigenvalue weighted by molar-refractivity contribution is 5.94. The summed E-state index contributed by atoms with van der Waals surface area (Å²) < 4.78 is 10.9. The molecule has 3 aromatic rings. The van der Waals surface area contributed by atoms with Crippen molar-refractivity contribution in [2.75, 3.05) is 7.11 Å². The van der Waals surface area contributed by atoms with Crippen LogP contribution in [0.25, 0.3) is 22.1 Å². The van der Waals surface area contributed by atoms with Gasteiger partial charge in [-0.3, -0.25) is 0 Å². The zero-order valence-electron chi connectivity index (χ0n) is 12.9. The lowest BCUT2D eigenvalue weighted by Gasteiger charge is -2.19. The predicted molar refractivity (Wildman–Crippen MR) is 86.9 cm³/mol. The SMILES string of the molecule is COc1ccc2occ(-c3ccc(C(C)(C)C)cc3)c2c1. The molecule has 0 atom stereocenters. The van der Waals surface area contributed by atoms with Crippen LogP contribution >= 0.6 is 0 Å². The fourth-order valence-corrected chi connectivity index (χ4v) is 2.51. The minimum absolute atomic E-state index is 0.167. The summed E-state index contributed by atoms with van der Waals surface area (Å²) in [6, 6.07) is 14.6. The first kappa shape index (κ1) is 13.7. The Balaban J connectivity index is 2.08. The van der Waals surface area contributed by atoms with Crippen molar-refractivity contribution in [3.63, 3.8) is 0 Å². The third kappa shape index (κ3) is 2.54. The quantitative estimate of drug-likeness (QED) is 0.626. The second kappa shape index (κ2) is 4.96. The molecule has 21 heavy (non-hydrogen) atoms. The fourth-order valence-electron chi connectivity index (χ4n) is 2.51. The van der Waals surface area contributed by atoms with Crippen LogP contribution in [0.1, 0.15) is 26.3 Å². The van der Waals surface area contributed by atoms with Gasteiger partial charge < -0.3 is 9.15 Å². The molecule has 0 spiro atoms. The Morgan fingerprint density at radius 3 is 2.29 bits per heavy atom. The molecule has 1 heterocycles. The molecule has 2 heteroatoms. The lowest BCUT2D eigenvalue weighted by Crippen LogP contribution is -2.10. The van der Waals surface area contributed by atoms with Crippen LogP contribution in [0.3, 0.4) is 0 Å². The Hall–Kier alpha value is -2.22. The van der Waals surface area contributed by atoms with E-state index in [0.717, 1.165) is 27.8 Å². The second-order valence-corrected chi connectivity index (χ2v) is 6.34. The van der Waals surface area contributed by atoms with Crippen molar-refractivity contribution >= 4 is 11.0 Å². The van der Waals surface area contributed by atoms with Crippen molar-refractivity contribution in [3.8, 4) is 16.9 Å². The van der Waals surface area contributed by atoms with E-state index in [9.17, 15) is 0 Å². The summed E-state index contributed by atoms with van der Waals surface area (Å²) in [5, 5.41) is 1.08. The minimum atomic E-state index is 0.167. The van der Waals surface area contributed by atoms with Gasteiger partial charge in [0.1, 0.15) is 11.3 Å².